The van der Waals surface area contributed by atoms with E-state index >= 15 is 0 Å². The molecule has 0 unspecified atom stereocenters. The van der Waals surface area contributed by atoms with E-state index in [2.05, 4.69) is 24.5 Å². The number of ether oxygens (including phenoxy) is 1. The summed E-state index contributed by atoms with van der Waals surface area (Å²) in [7, 11) is 0. The van der Waals surface area contributed by atoms with Gasteiger partial charge < -0.3 is 15.4 Å². The number of rotatable bonds is 6. The molecule has 0 saturated heterocycles. The van der Waals surface area contributed by atoms with Crippen LogP contribution in [0, 0.1) is 11.8 Å². The van der Waals surface area contributed by atoms with Crippen LogP contribution < -0.4 is 10.6 Å². The molecule has 1 fully saturated rings. The van der Waals surface area contributed by atoms with E-state index in [1.54, 1.807) is 0 Å². The van der Waals surface area contributed by atoms with Crippen LogP contribution in [-0.4, -0.2) is 37.0 Å². The highest BCUT2D eigenvalue weighted by Crippen LogP contribution is 2.29. The van der Waals surface area contributed by atoms with E-state index in [0.717, 1.165) is 12.8 Å². The number of carbonyl (C=O) groups excluding carboxylic acids is 3. The van der Waals surface area contributed by atoms with Crippen LogP contribution in [-0.2, 0) is 14.3 Å². The van der Waals surface area contributed by atoms with Crippen molar-refractivity contribution in [2.75, 3.05) is 13.2 Å². The monoisotopic (exact) mass is 414 g/mol. The molecular formula is C19H24Cl2N2O4. The van der Waals surface area contributed by atoms with Gasteiger partial charge in [-0.25, -0.2) is 0 Å². The lowest BCUT2D eigenvalue weighted by atomic mass is 9.78. The molecule has 1 saturated carbocycles. The summed E-state index contributed by atoms with van der Waals surface area (Å²) < 4.78 is 4.92. The maximum absolute atomic E-state index is 12.0. The van der Waals surface area contributed by atoms with Crippen LogP contribution in [0.1, 0.15) is 43.5 Å². The fourth-order valence-electron chi connectivity index (χ4n) is 3.15. The molecule has 0 spiro atoms. The molecular weight excluding hydrogens is 391 g/mol. The van der Waals surface area contributed by atoms with Crippen LogP contribution >= 0.6 is 23.2 Å². The van der Waals surface area contributed by atoms with Gasteiger partial charge >= 0.3 is 5.97 Å². The first kappa shape index (κ1) is 21.5. The van der Waals surface area contributed by atoms with Crippen LogP contribution in [0.15, 0.2) is 18.2 Å². The van der Waals surface area contributed by atoms with E-state index in [1.165, 1.54) is 24.6 Å². The van der Waals surface area contributed by atoms with Gasteiger partial charge in [-0.1, -0.05) is 49.9 Å². The summed E-state index contributed by atoms with van der Waals surface area (Å²) in [5.41, 5.74) is 0.201. The standard InChI is InChI=1S/C19H24Cl2N2O4/c1-11-4-3-5-16(12(11)2)23-17(24)10-27-18(25)9-22-19(26)14-7-6-13(20)8-15(14)21/h6-8,11-12,16H,3-5,9-10H2,1-2H3,(H,22,26)(H,23,24)/t11-,12-,16-/m1/s1. The summed E-state index contributed by atoms with van der Waals surface area (Å²) in [5.74, 6) is -0.610. The van der Waals surface area contributed by atoms with E-state index in [-0.39, 0.29) is 35.7 Å². The van der Waals surface area contributed by atoms with Gasteiger partial charge in [-0.3, -0.25) is 14.4 Å². The van der Waals surface area contributed by atoms with Crippen molar-refractivity contribution in [1.82, 2.24) is 10.6 Å². The summed E-state index contributed by atoms with van der Waals surface area (Å²) in [5, 5.41) is 5.92. The average molecular weight is 415 g/mol. The fourth-order valence-corrected chi connectivity index (χ4v) is 3.65. The molecule has 0 heterocycles. The lowest BCUT2D eigenvalue weighted by Crippen LogP contribution is -2.45. The van der Waals surface area contributed by atoms with Gasteiger partial charge in [-0.2, -0.15) is 0 Å². The van der Waals surface area contributed by atoms with Crippen LogP contribution in [0.5, 0.6) is 0 Å². The van der Waals surface area contributed by atoms with E-state index in [1.807, 2.05) is 0 Å². The lowest BCUT2D eigenvalue weighted by Gasteiger charge is -2.34. The van der Waals surface area contributed by atoms with Crippen molar-refractivity contribution in [2.24, 2.45) is 11.8 Å². The molecule has 1 aromatic rings. The highest BCUT2D eigenvalue weighted by Gasteiger charge is 2.28. The number of nitrogens with one attached hydrogen (secondary N) is 2. The largest absolute Gasteiger partial charge is 0.454 e. The molecule has 0 aromatic heterocycles. The van der Waals surface area contributed by atoms with Gasteiger partial charge in [-0.05, 0) is 36.5 Å². The molecule has 0 bridgehead atoms. The third-order valence-corrected chi connectivity index (χ3v) is 5.53. The molecule has 0 radical (unpaired) electrons. The third kappa shape index (κ3) is 6.40. The quantitative estimate of drug-likeness (QED) is 0.699. The Labute approximate surface area is 168 Å². The second-order valence-corrected chi connectivity index (χ2v) is 7.75. The number of carbonyl (C=O) groups is 3. The van der Waals surface area contributed by atoms with Gasteiger partial charge in [0.2, 0.25) is 0 Å². The van der Waals surface area contributed by atoms with Gasteiger partial charge in [0.1, 0.15) is 6.54 Å². The molecule has 1 aromatic carbocycles. The van der Waals surface area contributed by atoms with Crippen molar-refractivity contribution in [3.05, 3.63) is 33.8 Å². The number of hydrogen-bond donors (Lipinski definition) is 2. The molecule has 6 nitrogen and oxygen atoms in total. The van der Waals surface area contributed by atoms with Crippen LogP contribution in [0.4, 0.5) is 0 Å². The minimum absolute atomic E-state index is 0.103. The molecule has 1 aliphatic rings. The zero-order valence-corrected chi connectivity index (χ0v) is 16.9. The third-order valence-electron chi connectivity index (χ3n) is 4.99. The van der Waals surface area contributed by atoms with E-state index < -0.39 is 11.9 Å². The molecule has 0 aliphatic heterocycles. The van der Waals surface area contributed by atoms with E-state index in [9.17, 15) is 14.4 Å². The van der Waals surface area contributed by atoms with Crippen molar-refractivity contribution in [3.63, 3.8) is 0 Å². The molecule has 1 aliphatic carbocycles. The first-order valence-corrected chi connectivity index (χ1v) is 9.71. The second-order valence-electron chi connectivity index (χ2n) is 6.91. The Kier molecular flexibility index (Phi) is 7.92. The van der Waals surface area contributed by atoms with Crippen molar-refractivity contribution < 1.29 is 19.1 Å². The molecule has 148 valence electrons. The maximum atomic E-state index is 12.0. The summed E-state index contributed by atoms with van der Waals surface area (Å²) >= 11 is 11.7. The van der Waals surface area contributed by atoms with Gasteiger partial charge in [0.15, 0.2) is 6.61 Å². The van der Waals surface area contributed by atoms with Crippen LogP contribution in [0.3, 0.4) is 0 Å². The van der Waals surface area contributed by atoms with Crippen molar-refractivity contribution >= 4 is 41.0 Å². The van der Waals surface area contributed by atoms with Crippen molar-refractivity contribution in [1.29, 1.82) is 0 Å². The maximum Gasteiger partial charge on any atom is 0.325 e. The molecule has 2 rings (SSSR count). The van der Waals surface area contributed by atoms with Crippen molar-refractivity contribution in [2.45, 2.75) is 39.2 Å². The predicted molar refractivity (Wildman–Crippen MR) is 104 cm³/mol. The molecule has 2 amide bonds. The minimum Gasteiger partial charge on any atom is -0.454 e. The van der Waals surface area contributed by atoms with Gasteiger partial charge in [-0.15, -0.1) is 0 Å². The van der Waals surface area contributed by atoms with Gasteiger partial charge in [0, 0.05) is 11.1 Å². The highest BCUT2D eigenvalue weighted by molar-refractivity contribution is 6.36. The average Bonchev–Trinajstić information content (AvgIpc) is 2.62. The zero-order chi connectivity index (χ0) is 20.0. The van der Waals surface area contributed by atoms with Crippen molar-refractivity contribution in [3.8, 4) is 0 Å². The Balaban J connectivity index is 1.72. The SMILES string of the molecule is C[C@@H]1[C@H](C)CCC[C@H]1NC(=O)COC(=O)CNC(=O)c1ccc(Cl)cc1Cl. The second kappa shape index (κ2) is 9.95. The van der Waals surface area contributed by atoms with Crippen LogP contribution in [0.25, 0.3) is 0 Å². The number of amides is 2. The Bertz CT molecular complexity index is 711. The van der Waals surface area contributed by atoms with E-state index in [4.69, 9.17) is 27.9 Å². The Hall–Kier alpha value is -1.79. The molecule has 3 atom stereocenters. The van der Waals surface area contributed by atoms with Gasteiger partial charge in [0.25, 0.3) is 11.8 Å². The minimum atomic E-state index is -0.700. The number of esters is 1. The Morgan fingerprint density at radius 1 is 1.19 bits per heavy atom. The summed E-state index contributed by atoms with van der Waals surface area (Å²) in [6.45, 7) is 3.58. The Morgan fingerprint density at radius 3 is 2.63 bits per heavy atom. The fraction of sp³-hybridized carbons (Fsp3) is 0.526. The first-order chi connectivity index (χ1) is 12.8. The number of hydrogen-bond acceptors (Lipinski definition) is 4. The molecule has 2 N–H and O–H groups in total. The van der Waals surface area contributed by atoms with E-state index in [0.29, 0.717) is 16.9 Å². The van der Waals surface area contributed by atoms with Gasteiger partial charge in [0.05, 0.1) is 10.6 Å². The number of halogens is 2. The summed E-state index contributed by atoms with van der Waals surface area (Å²) in [6, 6.07) is 4.53. The summed E-state index contributed by atoms with van der Waals surface area (Å²) in [6.07, 6.45) is 3.18. The number of benzene rings is 1. The first-order valence-electron chi connectivity index (χ1n) is 8.96. The zero-order valence-electron chi connectivity index (χ0n) is 15.4. The molecule has 8 heteroatoms. The Morgan fingerprint density at radius 2 is 1.93 bits per heavy atom. The lowest BCUT2D eigenvalue weighted by molar-refractivity contribution is -0.147. The molecule has 27 heavy (non-hydrogen) atoms. The van der Waals surface area contributed by atoms with Crippen LogP contribution in [0.2, 0.25) is 10.0 Å². The smallest absolute Gasteiger partial charge is 0.325 e. The topological polar surface area (TPSA) is 84.5 Å². The normalized spacial score (nSPS) is 22.0. The highest BCUT2D eigenvalue weighted by atomic mass is 35.5. The predicted octanol–water partition coefficient (Wildman–Crippen LogP) is 3.21. The summed E-state index contributed by atoms with van der Waals surface area (Å²) in [4.78, 5) is 35.8.